The highest BCUT2D eigenvalue weighted by molar-refractivity contribution is 7.80. The zero-order valence-corrected chi connectivity index (χ0v) is 11.5. The van der Waals surface area contributed by atoms with Crippen molar-refractivity contribution in [2.24, 2.45) is 5.92 Å². The van der Waals surface area contributed by atoms with Crippen LogP contribution in [-0.4, -0.2) is 40.4 Å². The molecule has 0 bridgehead atoms. The highest BCUT2D eigenvalue weighted by atomic mass is 32.2. The van der Waals surface area contributed by atoms with Gasteiger partial charge in [-0.1, -0.05) is 13.0 Å². The predicted molar refractivity (Wildman–Crippen MR) is 65.6 cm³/mol. The van der Waals surface area contributed by atoms with Crippen molar-refractivity contribution in [3.05, 3.63) is 12.2 Å². The first-order valence-electron chi connectivity index (χ1n) is 5.26. The van der Waals surface area contributed by atoms with Crippen LogP contribution in [-0.2, 0) is 24.8 Å². The molecule has 0 aromatic rings. The van der Waals surface area contributed by atoms with E-state index in [-0.39, 0.29) is 18.3 Å². The zero-order chi connectivity index (χ0) is 13.5. The molecule has 0 rings (SSSR count). The van der Waals surface area contributed by atoms with Crippen LogP contribution in [0.5, 0.6) is 0 Å². The quantitative estimate of drug-likeness (QED) is 0.544. The van der Waals surface area contributed by atoms with Gasteiger partial charge in [-0.2, -0.15) is 0 Å². The van der Waals surface area contributed by atoms with Gasteiger partial charge in [0, 0.05) is 18.6 Å². The van der Waals surface area contributed by atoms with E-state index in [0.717, 1.165) is 0 Å². The summed E-state index contributed by atoms with van der Waals surface area (Å²) in [7, 11) is 1.33. The molecule has 0 spiro atoms. The molecule has 17 heavy (non-hydrogen) atoms. The van der Waals surface area contributed by atoms with Crippen molar-refractivity contribution in [2.75, 3.05) is 19.5 Å². The van der Waals surface area contributed by atoms with Gasteiger partial charge in [-0.05, 0) is 13.8 Å². The van der Waals surface area contributed by atoms with Crippen LogP contribution in [0.15, 0.2) is 12.2 Å². The Kier molecular flexibility index (Phi) is 7.26. The standard InChI is InChI=1S/C11H20O5S/c1-9(8-12)11(2,3)16-10(13)6-5-7-17(14)15-4/h5-6,9,12H,7-8H2,1-4H3/b6-5+. The normalized spacial score (nSPS) is 15.8. The molecule has 5 nitrogen and oxygen atoms in total. The Balaban J connectivity index is 4.22. The van der Waals surface area contributed by atoms with Crippen LogP contribution >= 0.6 is 0 Å². The fourth-order valence-electron chi connectivity index (χ4n) is 0.905. The maximum absolute atomic E-state index is 11.4. The molecule has 2 atom stereocenters. The fourth-order valence-corrected chi connectivity index (χ4v) is 1.29. The molecule has 1 N–H and O–H groups in total. The number of carbonyl (C=O) groups is 1. The lowest BCUT2D eigenvalue weighted by atomic mass is 9.93. The van der Waals surface area contributed by atoms with Crippen molar-refractivity contribution in [1.82, 2.24) is 0 Å². The highest BCUT2D eigenvalue weighted by Crippen LogP contribution is 2.20. The van der Waals surface area contributed by atoms with Gasteiger partial charge in [0.25, 0.3) is 0 Å². The summed E-state index contributed by atoms with van der Waals surface area (Å²) in [6.45, 7) is 5.19. The molecule has 0 aromatic heterocycles. The Bertz CT molecular complexity index is 298. The highest BCUT2D eigenvalue weighted by Gasteiger charge is 2.28. The SMILES string of the molecule is COS(=O)C/C=C/C(=O)OC(C)(C)C(C)CO. The van der Waals surface area contributed by atoms with Crippen LogP contribution < -0.4 is 0 Å². The summed E-state index contributed by atoms with van der Waals surface area (Å²) in [6.07, 6.45) is 2.64. The third-order valence-corrected chi connectivity index (χ3v) is 3.33. The van der Waals surface area contributed by atoms with Gasteiger partial charge in [-0.3, -0.25) is 4.18 Å². The Morgan fingerprint density at radius 3 is 2.59 bits per heavy atom. The number of rotatable bonds is 7. The van der Waals surface area contributed by atoms with Gasteiger partial charge in [0.05, 0.1) is 12.9 Å². The minimum atomic E-state index is -1.41. The molecule has 0 saturated carbocycles. The van der Waals surface area contributed by atoms with E-state index < -0.39 is 22.7 Å². The molecular weight excluding hydrogens is 244 g/mol. The summed E-state index contributed by atoms with van der Waals surface area (Å²) in [5.74, 6) is -0.543. The van der Waals surface area contributed by atoms with Crippen molar-refractivity contribution >= 4 is 17.0 Å². The molecule has 0 aliphatic carbocycles. The Morgan fingerprint density at radius 1 is 1.53 bits per heavy atom. The second-order valence-electron chi connectivity index (χ2n) is 4.15. The zero-order valence-electron chi connectivity index (χ0n) is 10.6. The van der Waals surface area contributed by atoms with Gasteiger partial charge in [0.2, 0.25) is 0 Å². The third kappa shape index (κ3) is 6.55. The number of hydrogen-bond donors (Lipinski definition) is 1. The molecule has 6 heteroatoms. The van der Waals surface area contributed by atoms with Crippen molar-refractivity contribution in [2.45, 2.75) is 26.4 Å². The lowest BCUT2D eigenvalue weighted by Crippen LogP contribution is -2.36. The number of aliphatic hydroxyl groups is 1. The monoisotopic (exact) mass is 264 g/mol. The number of carbonyl (C=O) groups excluding carboxylic acids is 1. The van der Waals surface area contributed by atoms with Gasteiger partial charge in [-0.25, -0.2) is 9.00 Å². The van der Waals surface area contributed by atoms with Crippen LogP contribution in [0.4, 0.5) is 0 Å². The second kappa shape index (κ2) is 7.58. The van der Waals surface area contributed by atoms with Gasteiger partial charge < -0.3 is 9.84 Å². The maximum atomic E-state index is 11.4. The minimum Gasteiger partial charge on any atom is -0.456 e. The average molecular weight is 264 g/mol. The van der Waals surface area contributed by atoms with Crippen LogP contribution in [0.1, 0.15) is 20.8 Å². The molecule has 0 saturated heterocycles. The summed E-state index contributed by atoms with van der Waals surface area (Å²) in [6, 6.07) is 0. The number of esters is 1. The first kappa shape index (κ1) is 16.3. The topological polar surface area (TPSA) is 72.8 Å². The van der Waals surface area contributed by atoms with E-state index in [1.165, 1.54) is 19.3 Å². The van der Waals surface area contributed by atoms with Crippen LogP contribution in [0.2, 0.25) is 0 Å². The van der Waals surface area contributed by atoms with Crippen LogP contribution in [0.25, 0.3) is 0 Å². The smallest absolute Gasteiger partial charge is 0.330 e. The third-order valence-electron chi connectivity index (χ3n) is 2.50. The summed E-state index contributed by atoms with van der Waals surface area (Å²) in [4.78, 5) is 11.4. The summed E-state index contributed by atoms with van der Waals surface area (Å²) < 4.78 is 20.6. The summed E-state index contributed by atoms with van der Waals surface area (Å²) in [5, 5.41) is 9.00. The average Bonchev–Trinajstić information content (AvgIpc) is 2.26. The van der Waals surface area contributed by atoms with E-state index in [1.54, 1.807) is 20.8 Å². The van der Waals surface area contributed by atoms with Gasteiger partial charge in [0.15, 0.2) is 11.1 Å². The van der Waals surface area contributed by atoms with Gasteiger partial charge in [0.1, 0.15) is 5.60 Å². The van der Waals surface area contributed by atoms with E-state index in [1.807, 2.05) is 0 Å². The largest absolute Gasteiger partial charge is 0.456 e. The van der Waals surface area contributed by atoms with Crippen LogP contribution in [0.3, 0.4) is 0 Å². The Hall–Kier alpha value is -0.720. The number of hydrogen-bond acceptors (Lipinski definition) is 5. The fraction of sp³-hybridized carbons (Fsp3) is 0.727. The first-order valence-corrected chi connectivity index (χ1v) is 6.51. The molecule has 0 amide bonds. The molecule has 100 valence electrons. The van der Waals surface area contributed by atoms with Crippen molar-refractivity contribution in [3.63, 3.8) is 0 Å². The first-order chi connectivity index (χ1) is 7.83. The number of aliphatic hydroxyl groups excluding tert-OH is 1. The number of ether oxygens (including phenoxy) is 1. The molecule has 2 unspecified atom stereocenters. The lowest BCUT2D eigenvalue weighted by Gasteiger charge is -2.29. The molecule has 0 aliphatic heterocycles. The Labute approximate surface area is 104 Å². The van der Waals surface area contributed by atoms with Crippen molar-refractivity contribution in [1.29, 1.82) is 0 Å². The maximum Gasteiger partial charge on any atom is 0.330 e. The molecule has 0 aliphatic rings. The molecule has 0 heterocycles. The van der Waals surface area contributed by atoms with E-state index >= 15 is 0 Å². The minimum absolute atomic E-state index is 0.0579. The summed E-state index contributed by atoms with van der Waals surface area (Å²) >= 11 is -1.41. The molecule has 0 fully saturated rings. The van der Waals surface area contributed by atoms with Crippen molar-refractivity contribution in [3.8, 4) is 0 Å². The molecule has 0 aromatic carbocycles. The molecular formula is C11H20O5S. The van der Waals surface area contributed by atoms with Gasteiger partial charge in [-0.15, -0.1) is 0 Å². The van der Waals surface area contributed by atoms with Gasteiger partial charge >= 0.3 is 5.97 Å². The second-order valence-corrected chi connectivity index (χ2v) is 5.42. The van der Waals surface area contributed by atoms with E-state index in [2.05, 4.69) is 4.18 Å². The van der Waals surface area contributed by atoms with E-state index in [4.69, 9.17) is 9.84 Å². The van der Waals surface area contributed by atoms with E-state index in [9.17, 15) is 9.00 Å². The van der Waals surface area contributed by atoms with E-state index in [0.29, 0.717) is 0 Å². The summed E-state index contributed by atoms with van der Waals surface area (Å²) in [5.41, 5.74) is -0.740. The molecule has 0 radical (unpaired) electrons. The predicted octanol–water partition coefficient (Wildman–Crippen LogP) is 0.803. The van der Waals surface area contributed by atoms with Crippen molar-refractivity contribution < 1.29 is 23.0 Å². The van der Waals surface area contributed by atoms with Crippen LogP contribution in [0, 0.1) is 5.92 Å². The lowest BCUT2D eigenvalue weighted by molar-refractivity contribution is -0.156. The Morgan fingerprint density at radius 2 is 2.12 bits per heavy atom.